The van der Waals surface area contributed by atoms with E-state index in [-0.39, 0.29) is 25.1 Å². The summed E-state index contributed by atoms with van der Waals surface area (Å²) in [5.74, 6) is 0.970. The summed E-state index contributed by atoms with van der Waals surface area (Å²) in [5, 5.41) is 2.68. The largest absolute Gasteiger partial charge is 0.483 e. The number of halogens is 1. The Morgan fingerprint density at radius 1 is 1.21 bits per heavy atom. The van der Waals surface area contributed by atoms with Crippen LogP contribution in [-0.2, 0) is 4.79 Å². The molecule has 1 heterocycles. The van der Waals surface area contributed by atoms with Crippen molar-refractivity contribution < 1.29 is 23.8 Å². The van der Waals surface area contributed by atoms with E-state index in [0.29, 0.717) is 28.5 Å². The van der Waals surface area contributed by atoms with Gasteiger partial charge in [-0.3, -0.25) is 9.59 Å². The molecule has 1 N–H and O–H groups in total. The van der Waals surface area contributed by atoms with Crippen molar-refractivity contribution in [3.05, 3.63) is 46.4 Å². The molecule has 1 aliphatic heterocycles. The molecule has 0 unspecified atom stereocenters. The second-order valence-corrected chi connectivity index (χ2v) is 5.93. The van der Waals surface area contributed by atoms with E-state index in [1.165, 1.54) is 6.92 Å². The highest BCUT2D eigenvalue weighted by molar-refractivity contribution is 9.10. The third-order valence-electron chi connectivity index (χ3n) is 3.36. The van der Waals surface area contributed by atoms with Gasteiger partial charge < -0.3 is 19.5 Å². The van der Waals surface area contributed by atoms with Crippen LogP contribution in [0.25, 0.3) is 0 Å². The lowest BCUT2D eigenvalue weighted by molar-refractivity contribution is -0.118. The summed E-state index contributed by atoms with van der Waals surface area (Å²) < 4.78 is 16.7. The number of para-hydroxylation sites is 1. The zero-order valence-electron chi connectivity index (χ0n) is 12.8. The van der Waals surface area contributed by atoms with Crippen molar-refractivity contribution in [2.24, 2.45) is 0 Å². The molecule has 0 spiro atoms. The van der Waals surface area contributed by atoms with E-state index >= 15 is 0 Å². The fourth-order valence-corrected chi connectivity index (χ4v) is 2.63. The number of fused-ring (bicyclic) bond motifs is 1. The highest BCUT2D eigenvalue weighted by atomic mass is 79.9. The van der Waals surface area contributed by atoms with Gasteiger partial charge in [-0.2, -0.15) is 0 Å². The van der Waals surface area contributed by atoms with Gasteiger partial charge in [0.25, 0.3) is 5.91 Å². The number of rotatable bonds is 5. The lowest BCUT2D eigenvalue weighted by Gasteiger charge is -2.12. The van der Waals surface area contributed by atoms with Crippen molar-refractivity contribution >= 4 is 33.3 Å². The van der Waals surface area contributed by atoms with Crippen molar-refractivity contribution in [2.75, 3.05) is 18.7 Å². The molecule has 0 aliphatic carbocycles. The van der Waals surface area contributed by atoms with Gasteiger partial charge >= 0.3 is 0 Å². The Kier molecular flexibility index (Phi) is 4.71. The summed E-state index contributed by atoms with van der Waals surface area (Å²) in [4.78, 5) is 23.9. The molecule has 0 radical (unpaired) electrons. The van der Waals surface area contributed by atoms with E-state index in [1.54, 1.807) is 18.2 Å². The number of hydrogen-bond acceptors (Lipinski definition) is 5. The molecule has 6 nitrogen and oxygen atoms in total. The number of amides is 1. The number of nitrogens with one attached hydrogen (secondary N) is 1. The van der Waals surface area contributed by atoms with Crippen LogP contribution in [0.15, 0.2) is 40.9 Å². The van der Waals surface area contributed by atoms with E-state index in [2.05, 4.69) is 21.2 Å². The topological polar surface area (TPSA) is 73.9 Å². The van der Waals surface area contributed by atoms with Crippen molar-refractivity contribution in [3.63, 3.8) is 0 Å². The summed E-state index contributed by atoms with van der Waals surface area (Å²) >= 11 is 3.35. The first-order valence-electron chi connectivity index (χ1n) is 7.16. The molecular formula is C17H14BrNO5. The van der Waals surface area contributed by atoms with Gasteiger partial charge in [0.2, 0.25) is 6.79 Å². The van der Waals surface area contributed by atoms with E-state index in [9.17, 15) is 9.59 Å². The van der Waals surface area contributed by atoms with Crippen molar-refractivity contribution in [3.8, 4) is 17.2 Å². The quantitative estimate of drug-likeness (QED) is 0.790. The van der Waals surface area contributed by atoms with E-state index < -0.39 is 0 Å². The number of anilines is 1. The van der Waals surface area contributed by atoms with Crippen LogP contribution in [0.3, 0.4) is 0 Å². The number of ether oxygens (including phenoxy) is 3. The molecule has 1 amide bonds. The smallest absolute Gasteiger partial charge is 0.262 e. The molecule has 0 saturated carbocycles. The van der Waals surface area contributed by atoms with Crippen LogP contribution in [-0.4, -0.2) is 25.1 Å². The highest BCUT2D eigenvalue weighted by Crippen LogP contribution is 2.37. The molecule has 2 aromatic rings. The Balaban J connectivity index is 1.72. The predicted molar refractivity (Wildman–Crippen MR) is 90.8 cm³/mol. The molecule has 1 aliphatic rings. The second kappa shape index (κ2) is 6.92. The number of carbonyl (C=O) groups is 2. The number of hydrogen-bond donors (Lipinski definition) is 1. The van der Waals surface area contributed by atoms with Gasteiger partial charge in [-0.05, 0) is 41.1 Å². The third kappa shape index (κ3) is 3.51. The van der Waals surface area contributed by atoms with Gasteiger partial charge in [0.15, 0.2) is 23.9 Å². The minimum absolute atomic E-state index is 0.0925. The van der Waals surface area contributed by atoms with Gasteiger partial charge in [-0.15, -0.1) is 0 Å². The summed E-state index contributed by atoms with van der Waals surface area (Å²) in [6.07, 6.45) is 0. The normalized spacial score (nSPS) is 11.9. The van der Waals surface area contributed by atoms with Crippen LogP contribution >= 0.6 is 15.9 Å². The lowest BCUT2D eigenvalue weighted by Crippen LogP contribution is -2.21. The second-order valence-electron chi connectivity index (χ2n) is 5.07. The van der Waals surface area contributed by atoms with E-state index in [4.69, 9.17) is 14.2 Å². The average molecular weight is 392 g/mol. The van der Waals surface area contributed by atoms with Crippen LogP contribution in [0.1, 0.15) is 17.3 Å². The van der Waals surface area contributed by atoms with Crippen LogP contribution in [0.4, 0.5) is 5.69 Å². The Morgan fingerprint density at radius 3 is 2.62 bits per heavy atom. The first-order valence-corrected chi connectivity index (χ1v) is 7.95. The van der Waals surface area contributed by atoms with Gasteiger partial charge in [0.1, 0.15) is 5.75 Å². The lowest BCUT2D eigenvalue weighted by atomic mass is 10.1. The first kappa shape index (κ1) is 16.3. The fraction of sp³-hybridized carbons (Fsp3) is 0.176. The Bertz CT molecular complexity index is 806. The number of carbonyl (C=O) groups excluding carboxylic acids is 2. The summed E-state index contributed by atoms with van der Waals surface area (Å²) in [6, 6.07) is 10.4. The van der Waals surface area contributed by atoms with E-state index in [0.717, 1.165) is 4.47 Å². The number of benzene rings is 2. The monoisotopic (exact) mass is 391 g/mol. The van der Waals surface area contributed by atoms with E-state index in [1.807, 2.05) is 18.2 Å². The summed E-state index contributed by atoms with van der Waals surface area (Å²) in [5.41, 5.74) is 0.723. The third-order valence-corrected chi connectivity index (χ3v) is 4.02. The fourth-order valence-electron chi connectivity index (χ4n) is 2.23. The highest BCUT2D eigenvalue weighted by Gasteiger charge is 2.20. The maximum atomic E-state index is 12.1. The average Bonchev–Trinajstić information content (AvgIpc) is 3.00. The van der Waals surface area contributed by atoms with Crippen molar-refractivity contribution in [1.82, 2.24) is 0 Å². The van der Waals surface area contributed by atoms with Crippen LogP contribution in [0, 0.1) is 0 Å². The zero-order chi connectivity index (χ0) is 17.1. The Hall–Kier alpha value is -2.54. The molecule has 0 fully saturated rings. The molecule has 24 heavy (non-hydrogen) atoms. The van der Waals surface area contributed by atoms with Gasteiger partial charge in [0.05, 0.1) is 10.2 Å². The number of ketones is 1. The molecule has 3 rings (SSSR count). The maximum absolute atomic E-state index is 12.1. The standard InChI is InChI=1S/C17H14BrNO5/c1-10(20)11-6-15-16(24-9-23-15)7-13(11)19-17(21)8-22-14-5-3-2-4-12(14)18/h2-7H,8-9H2,1H3,(H,19,21). The van der Waals surface area contributed by atoms with Gasteiger partial charge in [-0.1, -0.05) is 12.1 Å². The van der Waals surface area contributed by atoms with Crippen molar-refractivity contribution in [1.29, 1.82) is 0 Å². The predicted octanol–water partition coefficient (Wildman–Crippen LogP) is 3.40. The SMILES string of the molecule is CC(=O)c1cc2c(cc1NC(=O)COc1ccccc1Br)OCO2. The number of Topliss-reactive ketones (excluding diaryl/α,β-unsaturated/α-hetero) is 1. The van der Waals surface area contributed by atoms with Crippen LogP contribution in [0.2, 0.25) is 0 Å². The minimum atomic E-state index is -0.382. The molecular weight excluding hydrogens is 378 g/mol. The Morgan fingerprint density at radius 2 is 1.92 bits per heavy atom. The van der Waals surface area contributed by atoms with Crippen LogP contribution < -0.4 is 19.5 Å². The van der Waals surface area contributed by atoms with Crippen LogP contribution in [0.5, 0.6) is 17.2 Å². The molecule has 0 bridgehead atoms. The maximum Gasteiger partial charge on any atom is 0.262 e. The van der Waals surface area contributed by atoms with Gasteiger partial charge in [-0.25, -0.2) is 0 Å². The minimum Gasteiger partial charge on any atom is -0.483 e. The summed E-state index contributed by atoms with van der Waals surface area (Å²) in [6.45, 7) is 1.33. The molecule has 0 atom stereocenters. The molecule has 0 saturated heterocycles. The molecule has 2 aromatic carbocycles. The summed E-state index contributed by atoms with van der Waals surface area (Å²) in [7, 11) is 0. The molecule has 0 aromatic heterocycles. The Labute approximate surface area is 146 Å². The zero-order valence-corrected chi connectivity index (χ0v) is 14.4. The van der Waals surface area contributed by atoms with Gasteiger partial charge in [0, 0.05) is 11.6 Å². The molecule has 7 heteroatoms. The molecule has 124 valence electrons. The first-order chi connectivity index (χ1) is 11.5. The van der Waals surface area contributed by atoms with Crippen molar-refractivity contribution in [2.45, 2.75) is 6.92 Å².